The third-order valence-electron chi connectivity index (χ3n) is 6.63. The molecular weight excluding hydrogens is 529 g/mol. The Bertz CT molecular complexity index is 1610. The van der Waals surface area contributed by atoms with Crippen molar-refractivity contribution < 1.29 is 37.8 Å². The number of likely N-dealkylation sites (tertiary alicyclic amines) is 1. The molecule has 4 aromatic rings. The second-order valence-electron chi connectivity index (χ2n) is 9.27. The number of aromatic nitrogens is 2. The first-order valence-corrected chi connectivity index (χ1v) is 12.1. The Morgan fingerprint density at radius 3 is 2.20 bits per heavy atom. The zero-order valence-electron chi connectivity index (χ0n) is 20.6. The molecule has 2 heterocycles. The highest BCUT2D eigenvalue weighted by Gasteiger charge is 2.42. The summed E-state index contributed by atoms with van der Waals surface area (Å²) in [5.41, 5.74) is 1.04. The Hall–Kier alpha value is -5.00. The lowest BCUT2D eigenvalue weighted by atomic mass is 10.1. The maximum atomic E-state index is 13.3. The third-order valence-corrected chi connectivity index (χ3v) is 6.63. The Morgan fingerprint density at radius 1 is 0.875 bits per heavy atom. The van der Waals surface area contributed by atoms with Crippen LogP contribution in [0.15, 0.2) is 72.8 Å². The number of alkyl halides is 3. The van der Waals surface area contributed by atoms with Gasteiger partial charge < -0.3 is 20.4 Å². The van der Waals surface area contributed by atoms with Crippen LogP contribution in [0.3, 0.4) is 0 Å². The molecule has 5 rings (SSSR count). The Morgan fingerprint density at radius 2 is 1.57 bits per heavy atom. The van der Waals surface area contributed by atoms with Gasteiger partial charge in [-0.15, -0.1) is 0 Å². The van der Waals surface area contributed by atoms with E-state index in [9.17, 15) is 37.8 Å². The van der Waals surface area contributed by atoms with Crippen LogP contribution >= 0.6 is 0 Å². The van der Waals surface area contributed by atoms with Gasteiger partial charge in [0.2, 0.25) is 0 Å². The molecule has 1 aliphatic rings. The number of amides is 1. The molecule has 9 nitrogen and oxygen atoms in total. The summed E-state index contributed by atoms with van der Waals surface area (Å²) in [6.07, 6.45) is -4.71. The van der Waals surface area contributed by atoms with Gasteiger partial charge in [0.15, 0.2) is 5.82 Å². The summed E-state index contributed by atoms with van der Waals surface area (Å²) in [4.78, 5) is 46.0. The molecule has 40 heavy (non-hydrogen) atoms. The number of rotatable bonds is 6. The molecule has 1 fully saturated rings. The number of fused-ring (bicyclic) bond motifs is 1. The summed E-state index contributed by atoms with van der Waals surface area (Å²) in [7, 11) is 0. The number of benzene rings is 3. The van der Waals surface area contributed by atoms with Crippen LogP contribution in [0.25, 0.3) is 22.3 Å². The van der Waals surface area contributed by atoms with Gasteiger partial charge in [-0.3, -0.25) is 9.59 Å². The summed E-state index contributed by atoms with van der Waals surface area (Å²) in [6, 6.07) is 16.7. The van der Waals surface area contributed by atoms with E-state index < -0.39 is 41.5 Å². The fraction of sp³-hybridized carbons (Fsp3) is 0.179. The molecule has 204 valence electrons. The minimum absolute atomic E-state index is 0.0680. The van der Waals surface area contributed by atoms with Crippen LogP contribution in [0.1, 0.15) is 22.3 Å². The molecule has 0 aliphatic carbocycles. The standard InChI is InChI=1S/C28H21F3N4O5/c29-28(30,31)18-8-11-20-21(13-18)33-23(15-4-2-1-3-5-15)24(34-20)32-19-9-6-16(7-10-19)25(36)35-14-17(26(37)38)12-22(35)27(39)40/h1-11,13,17,22H,12,14H2,(H,32,34)(H,37,38)(H,39,40). The number of carboxylic acids is 2. The van der Waals surface area contributed by atoms with Crippen LogP contribution in [-0.2, 0) is 15.8 Å². The molecule has 0 spiro atoms. The van der Waals surface area contributed by atoms with Crippen molar-refractivity contribution in [1.82, 2.24) is 14.9 Å². The summed E-state index contributed by atoms with van der Waals surface area (Å²) in [5, 5.41) is 21.9. The van der Waals surface area contributed by atoms with E-state index in [0.29, 0.717) is 16.9 Å². The predicted molar refractivity (Wildman–Crippen MR) is 138 cm³/mol. The highest BCUT2D eigenvalue weighted by atomic mass is 19.4. The zero-order chi connectivity index (χ0) is 28.6. The fourth-order valence-electron chi connectivity index (χ4n) is 4.59. The molecule has 2 unspecified atom stereocenters. The SMILES string of the molecule is O=C(O)C1CC(C(=O)O)N(C(=O)c2ccc(Nc3nc4ccc(C(F)(F)F)cc4nc3-c3ccccc3)cc2)C1. The molecule has 3 N–H and O–H groups in total. The number of halogens is 3. The van der Waals surface area contributed by atoms with Crippen LogP contribution in [0.5, 0.6) is 0 Å². The molecule has 12 heteroatoms. The lowest BCUT2D eigenvalue weighted by Gasteiger charge is -2.21. The van der Waals surface area contributed by atoms with Crippen molar-refractivity contribution in [3.05, 3.63) is 83.9 Å². The van der Waals surface area contributed by atoms with Crippen LogP contribution < -0.4 is 5.32 Å². The van der Waals surface area contributed by atoms with Crippen molar-refractivity contribution in [2.45, 2.75) is 18.6 Å². The Labute approximate surface area is 224 Å². The maximum Gasteiger partial charge on any atom is 0.416 e. The van der Waals surface area contributed by atoms with E-state index in [0.717, 1.165) is 17.0 Å². The summed E-state index contributed by atoms with van der Waals surface area (Å²) < 4.78 is 39.8. The van der Waals surface area contributed by atoms with Crippen LogP contribution in [0.4, 0.5) is 24.7 Å². The molecular formula is C28H21F3N4O5. The number of aliphatic carboxylic acids is 2. The monoisotopic (exact) mass is 550 g/mol. The highest BCUT2D eigenvalue weighted by Crippen LogP contribution is 2.34. The van der Waals surface area contributed by atoms with E-state index >= 15 is 0 Å². The summed E-state index contributed by atoms with van der Waals surface area (Å²) in [5.74, 6) is -3.76. The van der Waals surface area contributed by atoms with Crippen LogP contribution in [0, 0.1) is 5.92 Å². The number of carbonyl (C=O) groups is 3. The van der Waals surface area contributed by atoms with E-state index in [1.165, 1.54) is 18.2 Å². The van der Waals surface area contributed by atoms with Gasteiger partial charge >= 0.3 is 18.1 Å². The fourth-order valence-corrected chi connectivity index (χ4v) is 4.59. The minimum Gasteiger partial charge on any atom is -0.481 e. The number of hydrogen-bond acceptors (Lipinski definition) is 6. The Balaban J connectivity index is 1.45. The van der Waals surface area contributed by atoms with E-state index in [1.807, 2.05) is 0 Å². The van der Waals surface area contributed by atoms with Gasteiger partial charge in [-0.2, -0.15) is 13.2 Å². The molecule has 1 aliphatic heterocycles. The molecule has 2 atom stereocenters. The third kappa shape index (κ3) is 5.28. The van der Waals surface area contributed by atoms with Gasteiger partial charge in [0.1, 0.15) is 11.7 Å². The average molecular weight is 550 g/mol. The van der Waals surface area contributed by atoms with Gasteiger partial charge in [0.05, 0.1) is 22.5 Å². The molecule has 1 amide bonds. The van der Waals surface area contributed by atoms with Gasteiger partial charge in [0.25, 0.3) is 5.91 Å². The first-order chi connectivity index (χ1) is 19.0. The zero-order valence-corrected chi connectivity index (χ0v) is 20.6. The molecule has 1 saturated heterocycles. The van der Waals surface area contributed by atoms with Gasteiger partial charge in [0, 0.05) is 23.4 Å². The molecule has 0 bridgehead atoms. The van der Waals surface area contributed by atoms with Crippen molar-refractivity contribution in [2.75, 3.05) is 11.9 Å². The normalized spacial score (nSPS) is 17.1. The number of carbonyl (C=O) groups excluding carboxylic acids is 1. The van der Waals surface area contributed by atoms with E-state index in [1.54, 1.807) is 42.5 Å². The number of anilines is 2. The van der Waals surface area contributed by atoms with Crippen molar-refractivity contribution >= 4 is 40.4 Å². The average Bonchev–Trinajstić information content (AvgIpc) is 3.39. The van der Waals surface area contributed by atoms with Crippen LogP contribution in [-0.4, -0.2) is 55.5 Å². The second kappa shape index (κ2) is 10.3. The van der Waals surface area contributed by atoms with Crippen molar-refractivity contribution in [1.29, 1.82) is 0 Å². The van der Waals surface area contributed by atoms with E-state index in [-0.39, 0.29) is 35.4 Å². The lowest BCUT2D eigenvalue weighted by Crippen LogP contribution is -2.40. The number of hydrogen-bond donors (Lipinski definition) is 3. The largest absolute Gasteiger partial charge is 0.481 e. The van der Waals surface area contributed by atoms with Gasteiger partial charge in [-0.05, 0) is 48.9 Å². The van der Waals surface area contributed by atoms with Gasteiger partial charge in [-0.25, -0.2) is 14.8 Å². The topological polar surface area (TPSA) is 133 Å². The van der Waals surface area contributed by atoms with Gasteiger partial charge in [-0.1, -0.05) is 30.3 Å². The first-order valence-electron chi connectivity index (χ1n) is 12.1. The minimum atomic E-state index is -4.53. The van der Waals surface area contributed by atoms with Crippen LogP contribution in [0.2, 0.25) is 0 Å². The smallest absolute Gasteiger partial charge is 0.416 e. The first kappa shape index (κ1) is 26.6. The predicted octanol–water partition coefficient (Wildman–Crippen LogP) is 5.06. The number of nitrogens with zero attached hydrogens (tertiary/aromatic N) is 3. The van der Waals surface area contributed by atoms with Crippen molar-refractivity contribution in [3.8, 4) is 11.3 Å². The number of carboxylic acid groups (broad SMARTS) is 2. The van der Waals surface area contributed by atoms with Crippen molar-refractivity contribution in [3.63, 3.8) is 0 Å². The molecule has 1 aromatic heterocycles. The van der Waals surface area contributed by atoms with Crippen molar-refractivity contribution in [2.24, 2.45) is 5.92 Å². The summed E-state index contributed by atoms with van der Waals surface area (Å²) >= 11 is 0. The second-order valence-corrected chi connectivity index (χ2v) is 9.27. The molecule has 3 aromatic carbocycles. The molecule has 0 radical (unpaired) electrons. The quantitative estimate of drug-likeness (QED) is 0.304. The highest BCUT2D eigenvalue weighted by molar-refractivity contribution is 5.98. The van der Waals surface area contributed by atoms with E-state index in [4.69, 9.17) is 0 Å². The Kier molecular flexibility index (Phi) is 6.84. The van der Waals surface area contributed by atoms with E-state index in [2.05, 4.69) is 15.3 Å². The molecule has 0 saturated carbocycles. The summed E-state index contributed by atoms with van der Waals surface area (Å²) in [6.45, 7) is -0.214. The lowest BCUT2D eigenvalue weighted by molar-refractivity contribution is -0.142. The number of nitrogens with one attached hydrogen (secondary N) is 1. The maximum absolute atomic E-state index is 13.3.